The van der Waals surface area contributed by atoms with Gasteiger partial charge in [0, 0.05) is 31.6 Å². The third kappa shape index (κ3) is 5.33. The molecule has 0 radical (unpaired) electrons. The van der Waals surface area contributed by atoms with Crippen LogP contribution in [-0.4, -0.2) is 35.1 Å². The fraction of sp³-hybridized carbons (Fsp3) is 0.800. The van der Waals surface area contributed by atoms with Crippen LogP contribution in [0.1, 0.15) is 45.7 Å². The van der Waals surface area contributed by atoms with E-state index in [-0.39, 0.29) is 0 Å². The minimum atomic E-state index is 0.322. The summed E-state index contributed by atoms with van der Waals surface area (Å²) in [5, 5.41) is 7.80. The second-order valence-electron chi connectivity index (χ2n) is 4.93. The first-order valence-electron chi connectivity index (χ1n) is 7.54. The topological polar surface area (TPSA) is 39.1 Å². The van der Waals surface area contributed by atoms with Crippen molar-refractivity contribution in [3.63, 3.8) is 0 Å². The Kier molecular flexibility index (Phi) is 7.75. The standard InChI is InChI=1S/C15H29N3O/c1-5-8-15(19-7-3)14(16-6-2)10-9-13-11-12-17-18(13)4/h11-12,14-16H,5-10H2,1-4H3. The van der Waals surface area contributed by atoms with Crippen LogP contribution in [0.2, 0.25) is 0 Å². The number of hydrogen-bond donors (Lipinski definition) is 1. The Bertz CT molecular complexity index is 332. The van der Waals surface area contributed by atoms with Gasteiger partial charge in [-0.05, 0) is 38.8 Å². The Labute approximate surface area is 117 Å². The molecule has 110 valence electrons. The Balaban J connectivity index is 2.56. The van der Waals surface area contributed by atoms with Gasteiger partial charge in [-0.25, -0.2) is 0 Å². The molecule has 0 amide bonds. The highest BCUT2D eigenvalue weighted by Crippen LogP contribution is 2.13. The molecule has 0 aliphatic heterocycles. The minimum Gasteiger partial charge on any atom is -0.377 e. The van der Waals surface area contributed by atoms with E-state index < -0.39 is 0 Å². The van der Waals surface area contributed by atoms with E-state index in [4.69, 9.17) is 4.74 Å². The van der Waals surface area contributed by atoms with Crippen molar-refractivity contribution in [1.82, 2.24) is 15.1 Å². The Morgan fingerprint density at radius 2 is 2.11 bits per heavy atom. The molecule has 2 atom stereocenters. The molecule has 4 nitrogen and oxygen atoms in total. The second-order valence-corrected chi connectivity index (χ2v) is 4.93. The lowest BCUT2D eigenvalue weighted by atomic mass is 10.00. The Morgan fingerprint density at radius 3 is 2.63 bits per heavy atom. The van der Waals surface area contributed by atoms with E-state index in [2.05, 4.69) is 37.3 Å². The van der Waals surface area contributed by atoms with Crippen LogP contribution in [0.25, 0.3) is 0 Å². The van der Waals surface area contributed by atoms with E-state index in [1.165, 1.54) is 5.69 Å². The van der Waals surface area contributed by atoms with Crippen LogP contribution in [-0.2, 0) is 18.2 Å². The van der Waals surface area contributed by atoms with E-state index >= 15 is 0 Å². The van der Waals surface area contributed by atoms with Crippen LogP contribution in [0.3, 0.4) is 0 Å². The first-order valence-corrected chi connectivity index (χ1v) is 7.54. The Hall–Kier alpha value is -0.870. The first kappa shape index (κ1) is 16.2. The van der Waals surface area contributed by atoms with Crippen LogP contribution in [0.5, 0.6) is 0 Å². The average Bonchev–Trinajstić information content (AvgIpc) is 2.80. The van der Waals surface area contributed by atoms with E-state index in [1.54, 1.807) is 0 Å². The largest absolute Gasteiger partial charge is 0.377 e. The summed E-state index contributed by atoms with van der Waals surface area (Å²) >= 11 is 0. The molecule has 0 aliphatic carbocycles. The number of hydrogen-bond acceptors (Lipinski definition) is 3. The van der Waals surface area contributed by atoms with Gasteiger partial charge >= 0.3 is 0 Å². The van der Waals surface area contributed by atoms with Crippen molar-refractivity contribution in [2.75, 3.05) is 13.2 Å². The molecule has 1 rings (SSSR count). The van der Waals surface area contributed by atoms with Crippen LogP contribution in [0.15, 0.2) is 12.3 Å². The van der Waals surface area contributed by atoms with Crippen molar-refractivity contribution in [2.24, 2.45) is 7.05 Å². The molecule has 2 unspecified atom stereocenters. The molecular formula is C15H29N3O. The van der Waals surface area contributed by atoms with Crippen molar-refractivity contribution in [3.05, 3.63) is 18.0 Å². The molecule has 19 heavy (non-hydrogen) atoms. The molecule has 0 fully saturated rings. The van der Waals surface area contributed by atoms with Gasteiger partial charge in [0.05, 0.1) is 6.10 Å². The number of aromatic nitrogens is 2. The van der Waals surface area contributed by atoms with E-state index in [0.717, 1.165) is 38.8 Å². The maximum atomic E-state index is 5.91. The van der Waals surface area contributed by atoms with Crippen molar-refractivity contribution in [3.8, 4) is 0 Å². The molecule has 1 N–H and O–H groups in total. The summed E-state index contributed by atoms with van der Waals surface area (Å²) in [4.78, 5) is 0. The molecule has 1 aromatic rings. The zero-order chi connectivity index (χ0) is 14.1. The van der Waals surface area contributed by atoms with Gasteiger partial charge in [-0.3, -0.25) is 4.68 Å². The van der Waals surface area contributed by atoms with E-state index in [9.17, 15) is 0 Å². The molecule has 1 heterocycles. The molecule has 0 spiro atoms. The predicted octanol–water partition coefficient (Wildman–Crippen LogP) is 2.54. The van der Waals surface area contributed by atoms with Crippen LogP contribution in [0.4, 0.5) is 0 Å². The molecule has 4 heteroatoms. The highest BCUT2D eigenvalue weighted by atomic mass is 16.5. The van der Waals surface area contributed by atoms with E-state index in [0.29, 0.717) is 12.1 Å². The maximum absolute atomic E-state index is 5.91. The minimum absolute atomic E-state index is 0.322. The summed E-state index contributed by atoms with van der Waals surface area (Å²) in [7, 11) is 2.00. The predicted molar refractivity (Wildman–Crippen MR) is 79.3 cm³/mol. The molecule has 1 aromatic heterocycles. The lowest BCUT2D eigenvalue weighted by molar-refractivity contribution is 0.0263. The third-order valence-electron chi connectivity index (χ3n) is 3.50. The van der Waals surface area contributed by atoms with Gasteiger partial charge in [-0.2, -0.15) is 5.10 Å². The van der Waals surface area contributed by atoms with Crippen LogP contribution in [0, 0.1) is 0 Å². The SMILES string of the molecule is CCCC(OCC)C(CCc1ccnn1C)NCC. The average molecular weight is 267 g/mol. The van der Waals surface area contributed by atoms with Crippen molar-refractivity contribution < 1.29 is 4.74 Å². The summed E-state index contributed by atoms with van der Waals surface area (Å²) in [6.07, 6.45) is 6.61. The highest BCUT2D eigenvalue weighted by molar-refractivity contribution is 5.00. The first-order chi connectivity index (χ1) is 9.22. The number of nitrogens with zero attached hydrogens (tertiary/aromatic N) is 2. The summed E-state index contributed by atoms with van der Waals surface area (Å²) in [5.74, 6) is 0. The van der Waals surface area contributed by atoms with Gasteiger partial charge in [0.1, 0.15) is 0 Å². The zero-order valence-corrected chi connectivity index (χ0v) is 12.9. The van der Waals surface area contributed by atoms with Gasteiger partial charge in [0.2, 0.25) is 0 Å². The number of likely N-dealkylation sites (N-methyl/N-ethyl adjacent to an activating group) is 1. The maximum Gasteiger partial charge on any atom is 0.0727 e. The van der Waals surface area contributed by atoms with Crippen LogP contribution < -0.4 is 5.32 Å². The summed E-state index contributed by atoms with van der Waals surface area (Å²) < 4.78 is 7.87. The fourth-order valence-electron chi connectivity index (χ4n) is 2.53. The molecular weight excluding hydrogens is 238 g/mol. The van der Waals surface area contributed by atoms with Gasteiger partial charge in [-0.1, -0.05) is 20.3 Å². The van der Waals surface area contributed by atoms with Crippen molar-refractivity contribution in [2.45, 2.75) is 58.6 Å². The monoisotopic (exact) mass is 267 g/mol. The smallest absolute Gasteiger partial charge is 0.0727 e. The summed E-state index contributed by atoms with van der Waals surface area (Å²) in [6.45, 7) is 8.23. The van der Waals surface area contributed by atoms with Crippen molar-refractivity contribution in [1.29, 1.82) is 0 Å². The number of aryl methyl sites for hydroxylation is 2. The highest BCUT2D eigenvalue weighted by Gasteiger charge is 2.20. The van der Waals surface area contributed by atoms with Gasteiger partial charge in [0.15, 0.2) is 0 Å². The van der Waals surface area contributed by atoms with Crippen LogP contribution >= 0.6 is 0 Å². The number of ether oxygens (including phenoxy) is 1. The molecule has 0 saturated heterocycles. The molecule has 0 aromatic carbocycles. The second kappa shape index (κ2) is 9.10. The fourth-order valence-corrected chi connectivity index (χ4v) is 2.53. The third-order valence-corrected chi connectivity index (χ3v) is 3.50. The zero-order valence-electron chi connectivity index (χ0n) is 12.9. The lowest BCUT2D eigenvalue weighted by Gasteiger charge is -2.27. The van der Waals surface area contributed by atoms with Crippen molar-refractivity contribution >= 4 is 0 Å². The van der Waals surface area contributed by atoms with Gasteiger partial charge in [0.25, 0.3) is 0 Å². The molecule has 0 aliphatic rings. The number of nitrogens with one attached hydrogen (secondary N) is 1. The van der Waals surface area contributed by atoms with Gasteiger partial charge < -0.3 is 10.1 Å². The number of rotatable bonds is 10. The molecule has 0 bridgehead atoms. The quantitative estimate of drug-likeness (QED) is 0.708. The Morgan fingerprint density at radius 1 is 1.32 bits per heavy atom. The lowest BCUT2D eigenvalue weighted by Crippen LogP contribution is -2.41. The van der Waals surface area contributed by atoms with Gasteiger partial charge in [-0.15, -0.1) is 0 Å². The normalized spacial score (nSPS) is 14.5. The van der Waals surface area contributed by atoms with E-state index in [1.807, 2.05) is 17.9 Å². The summed E-state index contributed by atoms with van der Waals surface area (Å²) in [6, 6.07) is 2.53. The molecule has 0 saturated carbocycles. The summed E-state index contributed by atoms with van der Waals surface area (Å²) in [5.41, 5.74) is 1.29.